The first-order chi connectivity index (χ1) is 11.7. The van der Waals surface area contributed by atoms with Crippen LogP contribution in [0.4, 0.5) is 11.4 Å². The normalized spacial score (nSPS) is 13.4. The highest BCUT2D eigenvalue weighted by atomic mass is 35.5. The van der Waals surface area contributed by atoms with E-state index in [1.165, 1.54) is 28.1 Å². The number of rotatable bonds is 6. The Morgan fingerprint density at radius 2 is 1.88 bits per heavy atom. The fraction of sp³-hybridized carbons (Fsp3) is 0.400. The predicted octanol–water partition coefficient (Wildman–Crippen LogP) is 4.46. The maximum absolute atomic E-state index is 6.29. The summed E-state index contributed by atoms with van der Waals surface area (Å²) in [7, 11) is 1.74. The third-order valence-electron chi connectivity index (χ3n) is 4.58. The van der Waals surface area contributed by atoms with Gasteiger partial charge in [-0.25, -0.2) is 0 Å². The van der Waals surface area contributed by atoms with Crippen LogP contribution < -0.4 is 10.6 Å². The summed E-state index contributed by atoms with van der Waals surface area (Å²) < 4.78 is 5.29. The first-order valence-electron chi connectivity index (χ1n) is 8.59. The number of benzene rings is 2. The number of unbranched alkanes of at least 4 members (excludes halogenated alkanes) is 1. The SMILES string of the molecule is COCc1ccc2c(c1)CCc1ccc(Cl)cc1N2CCCCN. The molecule has 0 amide bonds. The van der Waals surface area contributed by atoms with Crippen LogP contribution in [0.1, 0.15) is 29.5 Å². The molecule has 0 spiro atoms. The minimum absolute atomic E-state index is 0.652. The molecule has 0 fully saturated rings. The fourth-order valence-electron chi connectivity index (χ4n) is 3.41. The Morgan fingerprint density at radius 3 is 2.67 bits per heavy atom. The summed E-state index contributed by atoms with van der Waals surface area (Å²) >= 11 is 6.29. The lowest BCUT2D eigenvalue weighted by atomic mass is 10.0. The Bertz CT molecular complexity index is 702. The maximum atomic E-state index is 6.29. The van der Waals surface area contributed by atoms with E-state index in [1.807, 2.05) is 6.07 Å². The second-order valence-electron chi connectivity index (χ2n) is 6.32. The first kappa shape index (κ1) is 17.3. The molecule has 0 aliphatic carbocycles. The molecule has 0 unspecified atom stereocenters. The summed E-state index contributed by atoms with van der Waals surface area (Å²) in [5.41, 5.74) is 12.2. The number of fused-ring (bicyclic) bond motifs is 2. The number of halogens is 1. The number of nitrogens with zero attached hydrogens (tertiary/aromatic N) is 1. The van der Waals surface area contributed by atoms with Crippen molar-refractivity contribution in [3.8, 4) is 0 Å². The monoisotopic (exact) mass is 344 g/mol. The van der Waals surface area contributed by atoms with Gasteiger partial charge in [-0.3, -0.25) is 0 Å². The molecule has 1 heterocycles. The lowest BCUT2D eigenvalue weighted by molar-refractivity contribution is 0.185. The molecule has 3 nitrogen and oxygen atoms in total. The second-order valence-corrected chi connectivity index (χ2v) is 6.75. The number of hydrogen-bond acceptors (Lipinski definition) is 3. The van der Waals surface area contributed by atoms with Gasteiger partial charge in [-0.15, -0.1) is 0 Å². The zero-order chi connectivity index (χ0) is 16.9. The molecule has 2 aromatic rings. The molecule has 1 aliphatic rings. The lowest BCUT2D eigenvalue weighted by Crippen LogP contribution is -2.20. The van der Waals surface area contributed by atoms with Crippen molar-refractivity contribution in [1.82, 2.24) is 0 Å². The van der Waals surface area contributed by atoms with Crippen LogP contribution in [0.5, 0.6) is 0 Å². The van der Waals surface area contributed by atoms with Crippen LogP contribution in [-0.2, 0) is 24.2 Å². The average Bonchev–Trinajstić information content (AvgIpc) is 2.72. The Morgan fingerprint density at radius 1 is 1.04 bits per heavy atom. The van der Waals surface area contributed by atoms with E-state index in [1.54, 1.807) is 7.11 Å². The molecule has 0 saturated heterocycles. The molecule has 1 aliphatic heterocycles. The number of ether oxygens (including phenoxy) is 1. The quantitative estimate of drug-likeness (QED) is 0.786. The molecule has 24 heavy (non-hydrogen) atoms. The minimum atomic E-state index is 0.652. The molecule has 0 atom stereocenters. The van der Waals surface area contributed by atoms with Gasteiger partial charge in [-0.05, 0) is 67.1 Å². The molecule has 0 saturated carbocycles. The van der Waals surface area contributed by atoms with Crippen molar-refractivity contribution in [3.05, 3.63) is 58.1 Å². The van der Waals surface area contributed by atoms with Crippen molar-refractivity contribution >= 4 is 23.0 Å². The van der Waals surface area contributed by atoms with Gasteiger partial charge in [-0.2, -0.15) is 0 Å². The van der Waals surface area contributed by atoms with E-state index < -0.39 is 0 Å². The smallest absolute Gasteiger partial charge is 0.0713 e. The summed E-state index contributed by atoms with van der Waals surface area (Å²) in [6.45, 7) is 2.34. The van der Waals surface area contributed by atoms with Gasteiger partial charge in [-0.1, -0.05) is 29.8 Å². The summed E-state index contributed by atoms with van der Waals surface area (Å²) in [6, 6.07) is 12.9. The molecular weight excluding hydrogens is 320 g/mol. The molecular formula is C20H25ClN2O. The molecule has 0 bridgehead atoms. The van der Waals surface area contributed by atoms with Crippen LogP contribution >= 0.6 is 11.6 Å². The number of anilines is 2. The van der Waals surface area contributed by atoms with Crippen molar-refractivity contribution in [2.24, 2.45) is 5.73 Å². The summed E-state index contributed by atoms with van der Waals surface area (Å²) in [5, 5.41) is 0.789. The van der Waals surface area contributed by atoms with Gasteiger partial charge in [0.2, 0.25) is 0 Å². The van der Waals surface area contributed by atoms with Gasteiger partial charge in [0.1, 0.15) is 0 Å². The highest BCUT2D eigenvalue weighted by Gasteiger charge is 2.21. The molecule has 0 radical (unpaired) electrons. The third kappa shape index (κ3) is 3.75. The molecule has 2 aromatic carbocycles. The van der Waals surface area contributed by atoms with Crippen LogP contribution in [0, 0.1) is 0 Å². The zero-order valence-electron chi connectivity index (χ0n) is 14.2. The standard InChI is InChI=1S/C20H25ClN2O/c1-24-14-15-4-9-19-17(12-15)6-5-16-7-8-18(21)13-20(16)23(19)11-3-2-10-22/h4,7-9,12-13H,2-3,5-6,10-11,14,22H2,1H3. The lowest BCUT2D eigenvalue weighted by Gasteiger charge is -2.27. The Labute approximate surface area is 149 Å². The summed E-state index contributed by atoms with van der Waals surface area (Å²) in [6.07, 6.45) is 4.17. The summed E-state index contributed by atoms with van der Waals surface area (Å²) in [5.74, 6) is 0. The van der Waals surface area contributed by atoms with E-state index in [0.29, 0.717) is 6.61 Å². The number of aryl methyl sites for hydroxylation is 2. The number of methoxy groups -OCH3 is 1. The van der Waals surface area contributed by atoms with Crippen molar-refractivity contribution in [1.29, 1.82) is 0 Å². The molecule has 4 heteroatoms. The highest BCUT2D eigenvalue weighted by molar-refractivity contribution is 6.30. The highest BCUT2D eigenvalue weighted by Crippen LogP contribution is 2.38. The van der Waals surface area contributed by atoms with E-state index in [-0.39, 0.29) is 0 Å². The molecule has 128 valence electrons. The second kappa shape index (κ2) is 8.02. The maximum Gasteiger partial charge on any atom is 0.0713 e. The Balaban J connectivity index is 2.01. The van der Waals surface area contributed by atoms with Crippen LogP contribution in [0.25, 0.3) is 0 Å². The predicted molar refractivity (Wildman–Crippen MR) is 101 cm³/mol. The zero-order valence-corrected chi connectivity index (χ0v) is 15.0. The van der Waals surface area contributed by atoms with Crippen LogP contribution in [0.3, 0.4) is 0 Å². The van der Waals surface area contributed by atoms with Crippen molar-refractivity contribution in [2.75, 3.05) is 25.1 Å². The van der Waals surface area contributed by atoms with Crippen LogP contribution in [0.15, 0.2) is 36.4 Å². The number of nitrogens with two attached hydrogens (primary N) is 1. The van der Waals surface area contributed by atoms with Gasteiger partial charge >= 0.3 is 0 Å². The van der Waals surface area contributed by atoms with Gasteiger partial charge in [0.25, 0.3) is 0 Å². The minimum Gasteiger partial charge on any atom is -0.380 e. The Hall–Kier alpha value is -1.55. The number of hydrogen-bond donors (Lipinski definition) is 1. The molecule has 3 rings (SSSR count). The van der Waals surface area contributed by atoms with E-state index >= 15 is 0 Å². The van der Waals surface area contributed by atoms with Gasteiger partial charge in [0.15, 0.2) is 0 Å². The topological polar surface area (TPSA) is 38.5 Å². The summed E-state index contributed by atoms with van der Waals surface area (Å²) in [4.78, 5) is 2.41. The third-order valence-corrected chi connectivity index (χ3v) is 4.82. The van der Waals surface area contributed by atoms with E-state index in [2.05, 4.69) is 35.2 Å². The first-order valence-corrected chi connectivity index (χ1v) is 8.97. The molecule has 0 aromatic heterocycles. The van der Waals surface area contributed by atoms with E-state index in [9.17, 15) is 0 Å². The van der Waals surface area contributed by atoms with Crippen LogP contribution in [-0.4, -0.2) is 20.2 Å². The van der Waals surface area contributed by atoms with Crippen LogP contribution in [0.2, 0.25) is 5.02 Å². The van der Waals surface area contributed by atoms with E-state index in [4.69, 9.17) is 22.1 Å². The van der Waals surface area contributed by atoms with Crippen molar-refractivity contribution < 1.29 is 4.74 Å². The Kier molecular flexibility index (Phi) is 5.77. The van der Waals surface area contributed by atoms with E-state index in [0.717, 1.165) is 43.8 Å². The largest absolute Gasteiger partial charge is 0.380 e. The fourth-order valence-corrected chi connectivity index (χ4v) is 3.58. The average molecular weight is 345 g/mol. The van der Waals surface area contributed by atoms with Crippen molar-refractivity contribution in [2.45, 2.75) is 32.3 Å². The molecule has 2 N–H and O–H groups in total. The van der Waals surface area contributed by atoms with Gasteiger partial charge < -0.3 is 15.4 Å². The van der Waals surface area contributed by atoms with Gasteiger partial charge in [0, 0.05) is 30.1 Å². The van der Waals surface area contributed by atoms with Crippen molar-refractivity contribution in [3.63, 3.8) is 0 Å². The van der Waals surface area contributed by atoms with Gasteiger partial charge in [0.05, 0.1) is 6.61 Å².